The smallest absolute Gasteiger partial charge is 0.0167 e. The average molecular weight is 178 g/mol. The van der Waals surface area contributed by atoms with Gasteiger partial charge in [-0.1, -0.05) is 50.6 Å². The van der Waals surface area contributed by atoms with E-state index in [2.05, 4.69) is 53.3 Å². The fourth-order valence-corrected chi connectivity index (χ4v) is 1.16. The molecule has 0 saturated carbocycles. The summed E-state index contributed by atoms with van der Waals surface area (Å²) < 4.78 is 0. The Kier molecular flexibility index (Phi) is 4.19. The molecule has 0 aliphatic rings. The van der Waals surface area contributed by atoms with Crippen molar-refractivity contribution in [1.29, 1.82) is 0 Å². The lowest BCUT2D eigenvalue weighted by Crippen LogP contribution is -2.09. The summed E-state index contributed by atoms with van der Waals surface area (Å²) in [6, 6.07) is 0. The van der Waals surface area contributed by atoms with Gasteiger partial charge in [-0.05, 0) is 31.8 Å². The zero-order valence-electron chi connectivity index (χ0n) is 9.86. The maximum Gasteiger partial charge on any atom is -0.0167 e. The highest BCUT2D eigenvalue weighted by Gasteiger charge is 2.15. The van der Waals surface area contributed by atoms with Gasteiger partial charge in [0.15, 0.2) is 0 Å². The number of allylic oxidation sites excluding steroid dienone is 5. The normalized spacial score (nSPS) is 14.6. The van der Waals surface area contributed by atoms with E-state index in [1.54, 1.807) is 0 Å². The van der Waals surface area contributed by atoms with Crippen LogP contribution in [0.5, 0.6) is 0 Å². The predicted molar refractivity (Wildman–Crippen MR) is 61.8 cm³/mol. The SMILES string of the molecule is C=C(C)C(/C=C\C)=C(/C)C(C)(C)C. The molecule has 0 aliphatic carbocycles. The summed E-state index contributed by atoms with van der Waals surface area (Å²) in [5.41, 5.74) is 4.06. The van der Waals surface area contributed by atoms with Crippen molar-refractivity contribution in [2.24, 2.45) is 5.41 Å². The minimum Gasteiger partial charge on any atom is -0.0955 e. The van der Waals surface area contributed by atoms with Crippen molar-refractivity contribution in [2.45, 2.75) is 41.5 Å². The van der Waals surface area contributed by atoms with E-state index in [4.69, 9.17) is 0 Å². The predicted octanol–water partition coefficient (Wildman–Crippen LogP) is 4.50. The number of hydrogen-bond donors (Lipinski definition) is 0. The molecule has 0 amide bonds. The van der Waals surface area contributed by atoms with Gasteiger partial charge in [-0.15, -0.1) is 0 Å². The summed E-state index contributed by atoms with van der Waals surface area (Å²) in [5.74, 6) is 0. The first-order valence-electron chi connectivity index (χ1n) is 4.80. The molecule has 0 unspecified atom stereocenters. The van der Waals surface area contributed by atoms with Crippen molar-refractivity contribution in [2.75, 3.05) is 0 Å². The first-order valence-corrected chi connectivity index (χ1v) is 4.80. The molecule has 74 valence electrons. The summed E-state index contributed by atoms with van der Waals surface area (Å²) in [4.78, 5) is 0. The lowest BCUT2D eigenvalue weighted by molar-refractivity contribution is 0.501. The Labute approximate surface area is 83.0 Å². The molecule has 0 atom stereocenters. The fraction of sp³-hybridized carbons (Fsp3) is 0.538. The van der Waals surface area contributed by atoms with Crippen LogP contribution in [0.25, 0.3) is 0 Å². The van der Waals surface area contributed by atoms with Gasteiger partial charge < -0.3 is 0 Å². The van der Waals surface area contributed by atoms with Gasteiger partial charge in [0.2, 0.25) is 0 Å². The van der Waals surface area contributed by atoms with Crippen LogP contribution in [-0.2, 0) is 0 Å². The van der Waals surface area contributed by atoms with E-state index in [1.807, 2.05) is 6.92 Å². The van der Waals surface area contributed by atoms with Crippen LogP contribution in [0.15, 0.2) is 35.5 Å². The third-order valence-electron chi connectivity index (χ3n) is 2.32. The molecule has 0 aromatic carbocycles. The van der Waals surface area contributed by atoms with Crippen molar-refractivity contribution < 1.29 is 0 Å². The molecular weight excluding hydrogens is 156 g/mol. The zero-order chi connectivity index (χ0) is 10.6. The Morgan fingerprint density at radius 3 is 1.85 bits per heavy atom. The van der Waals surface area contributed by atoms with Gasteiger partial charge in [0, 0.05) is 0 Å². The second kappa shape index (κ2) is 4.45. The third-order valence-corrected chi connectivity index (χ3v) is 2.32. The number of hydrogen-bond acceptors (Lipinski definition) is 0. The first-order chi connectivity index (χ1) is 5.80. The molecule has 0 aromatic rings. The molecular formula is C13H22. The highest BCUT2D eigenvalue weighted by molar-refractivity contribution is 5.41. The van der Waals surface area contributed by atoms with Crippen molar-refractivity contribution >= 4 is 0 Å². The lowest BCUT2D eigenvalue weighted by atomic mass is 9.83. The second-order valence-electron chi connectivity index (χ2n) is 4.57. The van der Waals surface area contributed by atoms with E-state index in [0.29, 0.717) is 0 Å². The maximum atomic E-state index is 4.00. The summed E-state index contributed by atoms with van der Waals surface area (Å²) in [5, 5.41) is 0. The van der Waals surface area contributed by atoms with E-state index >= 15 is 0 Å². The second-order valence-corrected chi connectivity index (χ2v) is 4.57. The summed E-state index contributed by atoms with van der Waals surface area (Å²) in [7, 11) is 0. The van der Waals surface area contributed by atoms with Crippen LogP contribution in [0.1, 0.15) is 41.5 Å². The summed E-state index contributed by atoms with van der Waals surface area (Å²) in [6.45, 7) is 17.0. The van der Waals surface area contributed by atoms with Crippen molar-refractivity contribution in [1.82, 2.24) is 0 Å². The standard InChI is InChI=1S/C13H22/c1-8-9-12(10(2)3)11(4)13(5,6)7/h8-9H,2H2,1,3-7H3/b9-8-,12-11-. The molecule has 0 bridgehead atoms. The van der Waals surface area contributed by atoms with Crippen LogP contribution in [0.4, 0.5) is 0 Å². The van der Waals surface area contributed by atoms with Crippen LogP contribution in [0.3, 0.4) is 0 Å². The molecule has 0 heterocycles. The zero-order valence-corrected chi connectivity index (χ0v) is 9.86. The van der Waals surface area contributed by atoms with E-state index in [9.17, 15) is 0 Å². The minimum absolute atomic E-state index is 0.230. The molecule has 0 rings (SSSR count). The largest absolute Gasteiger partial charge is 0.0955 e. The van der Waals surface area contributed by atoms with Gasteiger partial charge in [-0.3, -0.25) is 0 Å². The molecule has 0 heteroatoms. The van der Waals surface area contributed by atoms with Crippen LogP contribution >= 0.6 is 0 Å². The quantitative estimate of drug-likeness (QED) is 0.546. The van der Waals surface area contributed by atoms with E-state index in [1.165, 1.54) is 11.1 Å². The molecule has 0 radical (unpaired) electrons. The minimum atomic E-state index is 0.230. The molecule has 0 aromatic heterocycles. The average Bonchev–Trinajstić information content (AvgIpc) is 1.96. The van der Waals surface area contributed by atoms with E-state index in [-0.39, 0.29) is 5.41 Å². The highest BCUT2D eigenvalue weighted by Crippen LogP contribution is 2.30. The van der Waals surface area contributed by atoms with Gasteiger partial charge in [-0.2, -0.15) is 0 Å². The van der Waals surface area contributed by atoms with Crippen LogP contribution in [-0.4, -0.2) is 0 Å². The Bertz CT molecular complexity index is 244. The number of rotatable bonds is 2. The van der Waals surface area contributed by atoms with E-state index < -0.39 is 0 Å². The van der Waals surface area contributed by atoms with Crippen LogP contribution in [0, 0.1) is 5.41 Å². The monoisotopic (exact) mass is 178 g/mol. The van der Waals surface area contributed by atoms with Gasteiger partial charge in [0.05, 0.1) is 0 Å². The summed E-state index contributed by atoms with van der Waals surface area (Å²) >= 11 is 0. The Balaban J connectivity index is 5.22. The molecule has 0 fully saturated rings. The lowest BCUT2D eigenvalue weighted by Gasteiger charge is -2.23. The third kappa shape index (κ3) is 3.63. The molecule has 0 nitrogen and oxygen atoms in total. The fourth-order valence-electron chi connectivity index (χ4n) is 1.16. The molecule has 0 aliphatic heterocycles. The van der Waals surface area contributed by atoms with Crippen LogP contribution in [0.2, 0.25) is 0 Å². The highest BCUT2D eigenvalue weighted by atomic mass is 14.2. The Morgan fingerprint density at radius 1 is 1.15 bits per heavy atom. The van der Waals surface area contributed by atoms with Crippen molar-refractivity contribution in [3.8, 4) is 0 Å². The molecule has 0 spiro atoms. The maximum absolute atomic E-state index is 4.00. The van der Waals surface area contributed by atoms with E-state index in [0.717, 1.165) is 5.57 Å². The van der Waals surface area contributed by atoms with Crippen molar-refractivity contribution in [3.63, 3.8) is 0 Å². The van der Waals surface area contributed by atoms with Gasteiger partial charge >= 0.3 is 0 Å². The first kappa shape index (κ1) is 12.2. The molecule has 13 heavy (non-hydrogen) atoms. The van der Waals surface area contributed by atoms with Gasteiger partial charge in [0.25, 0.3) is 0 Å². The van der Waals surface area contributed by atoms with Gasteiger partial charge in [0.1, 0.15) is 0 Å². The topological polar surface area (TPSA) is 0 Å². The van der Waals surface area contributed by atoms with Crippen molar-refractivity contribution in [3.05, 3.63) is 35.5 Å². The molecule has 0 saturated heterocycles. The summed E-state index contributed by atoms with van der Waals surface area (Å²) in [6.07, 6.45) is 4.21. The van der Waals surface area contributed by atoms with Gasteiger partial charge in [-0.25, -0.2) is 0 Å². The van der Waals surface area contributed by atoms with Crippen LogP contribution < -0.4 is 0 Å². The Hall–Kier alpha value is -0.780. The Morgan fingerprint density at radius 2 is 1.62 bits per heavy atom. The molecule has 0 N–H and O–H groups in total.